The van der Waals surface area contributed by atoms with Crippen molar-refractivity contribution < 1.29 is 4.39 Å². The van der Waals surface area contributed by atoms with Crippen LogP contribution in [0.1, 0.15) is 12.0 Å². The number of anilines is 2. The summed E-state index contributed by atoms with van der Waals surface area (Å²) in [6.45, 7) is 0.627. The first kappa shape index (κ1) is 13.2. The van der Waals surface area contributed by atoms with Gasteiger partial charge in [0.1, 0.15) is 5.82 Å². The fourth-order valence-corrected chi connectivity index (χ4v) is 1.47. The van der Waals surface area contributed by atoms with Crippen LogP contribution in [0.5, 0.6) is 0 Å². The van der Waals surface area contributed by atoms with Gasteiger partial charge in [-0.2, -0.15) is 0 Å². The molecule has 2 rings (SSSR count). The quantitative estimate of drug-likeness (QED) is 0.865. The van der Waals surface area contributed by atoms with Crippen LogP contribution in [0.2, 0.25) is 0 Å². The molecule has 0 bridgehead atoms. The van der Waals surface area contributed by atoms with Crippen molar-refractivity contribution in [2.24, 2.45) is 5.73 Å². The highest BCUT2D eigenvalue weighted by Crippen LogP contribution is 2.13. The van der Waals surface area contributed by atoms with E-state index in [0.717, 1.165) is 17.7 Å². The zero-order chi connectivity index (χ0) is 13.5. The monoisotopic (exact) mass is 258 g/mol. The lowest BCUT2D eigenvalue weighted by Gasteiger charge is -2.04. The molecule has 4 nitrogen and oxygen atoms in total. The Morgan fingerprint density at radius 2 is 1.84 bits per heavy atom. The van der Waals surface area contributed by atoms with Crippen molar-refractivity contribution in [3.8, 4) is 0 Å². The summed E-state index contributed by atoms with van der Waals surface area (Å²) in [6.07, 6.45) is 8.16. The van der Waals surface area contributed by atoms with Crippen LogP contribution >= 0.6 is 0 Å². The Hall–Kier alpha value is -2.27. The molecule has 1 aromatic heterocycles. The van der Waals surface area contributed by atoms with Gasteiger partial charge in [0.25, 0.3) is 0 Å². The van der Waals surface area contributed by atoms with Crippen LogP contribution in [0, 0.1) is 5.82 Å². The molecule has 0 aliphatic carbocycles. The lowest BCUT2D eigenvalue weighted by Crippen LogP contribution is -1.97. The molecule has 0 amide bonds. The lowest BCUT2D eigenvalue weighted by atomic mass is 10.3. The maximum absolute atomic E-state index is 12.8. The molecule has 0 saturated carbocycles. The van der Waals surface area contributed by atoms with Crippen LogP contribution in [0.3, 0.4) is 0 Å². The number of halogens is 1. The van der Waals surface area contributed by atoms with Crippen LogP contribution in [0.15, 0.2) is 42.7 Å². The maximum atomic E-state index is 12.8. The van der Waals surface area contributed by atoms with E-state index in [9.17, 15) is 4.39 Å². The average molecular weight is 258 g/mol. The molecule has 19 heavy (non-hydrogen) atoms. The maximum Gasteiger partial charge on any atom is 0.227 e. The fraction of sp³-hybridized carbons (Fsp3) is 0.143. The Bertz CT molecular complexity index is 534. The number of aromatic nitrogens is 2. The minimum absolute atomic E-state index is 0.271. The van der Waals surface area contributed by atoms with Crippen molar-refractivity contribution in [3.63, 3.8) is 0 Å². The Morgan fingerprint density at radius 1 is 1.16 bits per heavy atom. The number of nitrogens with two attached hydrogens (primary N) is 1. The molecule has 0 aliphatic rings. The first-order chi connectivity index (χ1) is 9.28. The summed E-state index contributed by atoms with van der Waals surface area (Å²) < 4.78 is 12.8. The van der Waals surface area contributed by atoms with E-state index in [2.05, 4.69) is 15.3 Å². The molecule has 3 N–H and O–H groups in total. The largest absolute Gasteiger partial charge is 0.330 e. The molecule has 5 heteroatoms. The third kappa shape index (κ3) is 4.15. The van der Waals surface area contributed by atoms with Crippen LogP contribution in [0.4, 0.5) is 16.0 Å². The van der Waals surface area contributed by atoms with E-state index in [4.69, 9.17) is 5.73 Å². The Kier molecular flexibility index (Phi) is 4.58. The van der Waals surface area contributed by atoms with E-state index < -0.39 is 0 Å². The first-order valence-electron chi connectivity index (χ1n) is 5.99. The topological polar surface area (TPSA) is 63.8 Å². The smallest absolute Gasteiger partial charge is 0.227 e. The number of benzene rings is 1. The number of nitrogens with one attached hydrogen (secondary N) is 1. The molecule has 0 saturated heterocycles. The van der Waals surface area contributed by atoms with Gasteiger partial charge in [0.05, 0.1) is 0 Å². The van der Waals surface area contributed by atoms with Crippen molar-refractivity contribution >= 4 is 17.7 Å². The molecule has 0 atom stereocenters. The van der Waals surface area contributed by atoms with Crippen LogP contribution in [-0.4, -0.2) is 16.5 Å². The van der Waals surface area contributed by atoms with Gasteiger partial charge in [-0.05, 0) is 37.2 Å². The molecule has 0 fully saturated rings. The van der Waals surface area contributed by atoms with Gasteiger partial charge in [0.15, 0.2) is 0 Å². The molecule has 98 valence electrons. The second kappa shape index (κ2) is 6.61. The van der Waals surface area contributed by atoms with E-state index in [0.29, 0.717) is 12.5 Å². The normalized spacial score (nSPS) is 10.8. The van der Waals surface area contributed by atoms with Crippen LogP contribution < -0.4 is 11.1 Å². The summed E-state index contributed by atoms with van der Waals surface area (Å²) in [5.74, 6) is 0.203. The van der Waals surface area contributed by atoms with Gasteiger partial charge in [-0.25, -0.2) is 14.4 Å². The molecule has 1 aromatic carbocycles. The van der Waals surface area contributed by atoms with Gasteiger partial charge >= 0.3 is 0 Å². The molecular weight excluding hydrogens is 243 g/mol. The van der Waals surface area contributed by atoms with E-state index >= 15 is 0 Å². The molecular formula is C14H15FN4. The second-order valence-corrected chi connectivity index (χ2v) is 3.95. The molecule has 0 radical (unpaired) electrons. The molecule has 1 heterocycles. The predicted molar refractivity (Wildman–Crippen MR) is 74.4 cm³/mol. The van der Waals surface area contributed by atoms with E-state index in [-0.39, 0.29) is 5.82 Å². The third-order valence-corrected chi connectivity index (χ3v) is 2.42. The van der Waals surface area contributed by atoms with Gasteiger partial charge in [0.2, 0.25) is 5.95 Å². The summed E-state index contributed by atoms with van der Waals surface area (Å²) in [5.41, 5.74) is 7.05. The zero-order valence-corrected chi connectivity index (χ0v) is 10.4. The summed E-state index contributed by atoms with van der Waals surface area (Å²) in [5, 5.41) is 2.99. The Morgan fingerprint density at radius 3 is 2.47 bits per heavy atom. The van der Waals surface area contributed by atoms with E-state index in [1.54, 1.807) is 24.5 Å². The number of hydrogen-bond donors (Lipinski definition) is 2. The van der Waals surface area contributed by atoms with Crippen LogP contribution in [0.25, 0.3) is 6.08 Å². The third-order valence-electron chi connectivity index (χ3n) is 2.42. The standard InChI is InChI=1S/C14H15FN4/c15-12-4-6-13(7-5-12)19-14-17-9-11(10-18-14)3-1-2-8-16/h1,3-7,9-10H,2,8,16H2,(H,17,18,19)/b3-1+. The highest BCUT2D eigenvalue weighted by atomic mass is 19.1. The van der Waals surface area contributed by atoms with Gasteiger partial charge in [-0.3, -0.25) is 0 Å². The summed E-state index contributed by atoms with van der Waals surface area (Å²) >= 11 is 0. The van der Waals surface area contributed by atoms with Gasteiger partial charge in [0, 0.05) is 23.6 Å². The molecule has 0 aliphatic heterocycles. The van der Waals surface area contributed by atoms with E-state index in [1.807, 2.05) is 12.2 Å². The van der Waals surface area contributed by atoms with Crippen LogP contribution in [-0.2, 0) is 0 Å². The van der Waals surface area contributed by atoms with Gasteiger partial charge in [-0.15, -0.1) is 0 Å². The number of nitrogens with zero attached hydrogens (tertiary/aromatic N) is 2. The Balaban J connectivity index is 2.00. The number of hydrogen-bond acceptors (Lipinski definition) is 4. The molecule has 0 spiro atoms. The Labute approximate surface area is 111 Å². The SMILES string of the molecule is NCC/C=C/c1cnc(Nc2ccc(F)cc2)nc1. The van der Waals surface area contributed by atoms with Crippen molar-refractivity contribution in [1.29, 1.82) is 0 Å². The van der Waals surface area contributed by atoms with Crippen molar-refractivity contribution in [3.05, 3.63) is 54.1 Å². The van der Waals surface area contributed by atoms with Crippen molar-refractivity contribution in [2.75, 3.05) is 11.9 Å². The first-order valence-corrected chi connectivity index (χ1v) is 5.99. The minimum Gasteiger partial charge on any atom is -0.330 e. The van der Waals surface area contributed by atoms with Crippen molar-refractivity contribution in [1.82, 2.24) is 9.97 Å². The minimum atomic E-state index is -0.271. The van der Waals surface area contributed by atoms with E-state index in [1.165, 1.54) is 12.1 Å². The van der Waals surface area contributed by atoms with Crippen molar-refractivity contribution in [2.45, 2.75) is 6.42 Å². The lowest BCUT2D eigenvalue weighted by molar-refractivity contribution is 0.628. The zero-order valence-electron chi connectivity index (χ0n) is 10.4. The van der Waals surface area contributed by atoms with Gasteiger partial charge in [-0.1, -0.05) is 12.2 Å². The highest BCUT2D eigenvalue weighted by molar-refractivity contribution is 5.54. The number of rotatable bonds is 5. The molecule has 0 unspecified atom stereocenters. The summed E-state index contributed by atoms with van der Waals surface area (Å²) in [7, 11) is 0. The highest BCUT2D eigenvalue weighted by Gasteiger charge is 1.97. The fourth-order valence-electron chi connectivity index (χ4n) is 1.47. The second-order valence-electron chi connectivity index (χ2n) is 3.95. The summed E-state index contributed by atoms with van der Waals surface area (Å²) in [4.78, 5) is 8.35. The van der Waals surface area contributed by atoms with Gasteiger partial charge < -0.3 is 11.1 Å². The summed E-state index contributed by atoms with van der Waals surface area (Å²) in [6, 6.07) is 6.03. The average Bonchev–Trinajstić information content (AvgIpc) is 2.44. The predicted octanol–water partition coefficient (Wildman–Crippen LogP) is 2.72. The molecule has 2 aromatic rings.